The first-order valence-corrected chi connectivity index (χ1v) is 5.74. The number of nitrogens with zero attached hydrogens (tertiary/aromatic N) is 4. The van der Waals surface area contributed by atoms with Crippen LogP contribution in [0.15, 0.2) is 6.07 Å². The third-order valence-corrected chi connectivity index (χ3v) is 2.50. The number of hydrogen-bond donors (Lipinski definition) is 1. The number of nitrogens with one attached hydrogen (secondary N) is 1. The number of hydrogen-bond acceptors (Lipinski definition) is 5. The van der Waals surface area contributed by atoms with Gasteiger partial charge in [0.05, 0.1) is 0 Å². The summed E-state index contributed by atoms with van der Waals surface area (Å²) in [7, 11) is 6.98. The number of likely N-dealkylation sites (N-methyl/N-ethyl adjacent to an activating group) is 2. The topological polar surface area (TPSA) is 44.3 Å². The molecule has 0 atom stereocenters. The zero-order valence-corrected chi connectivity index (χ0v) is 11.4. The molecule has 0 radical (unpaired) electrons. The van der Waals surface area contributed by atoms with Crippen LogP contribution in [0.2, 0.25) is 0 Å². The van der Waals surface area contributed by atoms with Gasteiger partial charge in [-0.15, -0.1) is 0 Å². The molecule has 0 aromatic carbocycles. The molecule has 1 N–H and O–H groups in total. The zero-order chi connectivity index (χ0) is 14.6. The van der Waals surface area contributed by atoms with Crippen molar-refractivity contribution in [2.75, 3.05) is 51.5 Å². The molecule has 0 spiro atoms. The Morgan fingerprint density at radius 2 is 1.79 bits per heavy atom. The molecule has 0 aliphatic rings. The summed E-state index contributed by atoms with van der Waals surface area (Å²) in [5.41, 5.74) is -0.946. The highest BCUT2D eigenvalue weighted by Gasteiger charge is 2.34. The molecule has 1 aromatic rings. The highest BCUT2D eigenvalue weighted by atomic mass is 19.4. The van der Waals surface area contributed by atoms with Crippen molar-refractivity contribution in [1.82, 2.24) is 14.9 Å². The van der Waals surface area contributed by atoms with Crippen LogP contribution < -0.4 is 10.2 Å². The lowest BCUT2D eigenvalue weighted by atomic mass is 10.3. The average Bonchev–Trinajstić information content (AvgIpc) is 2.34. The van der Waals surface area contributed by atoms with Crippen LogP contribution in [0.5, 0.6) is 0 Å². The van der Waals surface area contributed by atoms with Crippen molar-refractivity contribution in [3.8, 4) is 0 Å². The molecular weight excluding hydrogens is 259 g/mol. The van der Waals surface area contributed by atoms with Crippen molar-refractivity contribution in [2.45, 2.75) is 6.18 Å². The molecule has 1 heterocycles. The molecule has 19 heavy (non-hydrogen) atoms. The van der Waals surface area contributed by atoms with Crippen LogP contribution in [0.25, 0.3) is 0 Å². The van der Waals surface area contributed by atoms with Crippen LogP contribution in [0.3, 0.4) is 0 Å². The number of alkyl halides is 3. The quantitative estimate of drug-likeness (QED) is 0.884. The van der Waals surface area contributed by atoms with Crippen LogP contribution in [-0.2, 0) is 6.18 Å². The molecule has 5 nitrogen and oxygen atoms in total. The van der Waals surface area contributed by atoms with E-state index in [1.165, 1.54) is 7.05 Å². The molecule has 0 saturated heterocycles. The van der Waals surface area contributed by atoms with Gasteiger partial charge in [-0.05, 0) is 14.1 Å². The van der Waals surface area contributed by atoms with Gasteiger partial charge in [-0.1, -0.05) is 0 Å². The Balaban J connectivity index is 2.99. The second-order valence-corrected chi connectivity index (χ2v) is 4.41. The standard InChI is InChI=1S/C11H18F3N5/c1-15-10-16-8(11(12,13)14)7-9(17-10)19(4)6-5-18(2)3/h7H,5-6H2,1-4H3,(H,15,16,17). The van der Waals surface area contributed by atoms with Crippen LogP contribution >= 0.6 is 0 Å². The molecule has 0 bridgehead atoms. The van der Waals surface area contributed by atoms with E-state index < -0.39 is 11.9 Å². The molecule has 0 fully saturated rings. The van der Waals surface area contributed by atoms with Gasteiger partial charge in [0.2, 0.25) is 5.95 Å². The third-order valence-electron chi connectivity index (χ3n) is 2.50. The Bertz CT molecular complexity index is 419. The van der Waals surface area contributed by atoms with Gasteiger partial charge in [0.1, 0.15) is 5.82 Å². The van der Waals surface area contributed by atoms with Crippen molar-refractivity contribution in [3.63, 3.8) is 0 Å². The fourth-order valence-corrected chi connectivity index (χ4v) is 1.35. The third kappa shape index (κ3) is 4.55. The monoisotopic (exact) mass is 277 g/mol. The van der Waals surface area contributed by atoms with Gasteiger partial charge in [-0.2, -0.15) is 18.2 Å². The molecule has 0 aliphatic carbocycles. The maximum atomic E-state index is 12.7. The minimum atomic E-state index is -4.48. The Morgan fingerprint density at radius 3 is 2.26 bits per heavy atom. The fourth-order valence-electron chi connectivity index (χ4n) is 1.35. The second kappa shape index (κ2) is 6.05. The van der Waals surface area contributed by atoms with E-state index >= 15 is 0 Å². The Labute approximate surface area is 110 Å². The highest BCUT2D eigenvalue weighted by Crippen LogP contribution is 2.30. The van der Waals surface area contributed by atoms with E-state index in [2.05, 4.69) is 15.3 Å². The Hall–Kier alpha value is -1.57. The van der Waals surface area contributed by atoms with E-state index in [-0.39, 0.29) is 11.8 Å². The van der Waals surface area contributed by atoms with Crippen LogP contribution in [0, 0.1) is 0 Å². The first-order valence-electron chi connectivity index (χ1n) is 5.74. The maximum absolute atomic E-state index is 12.7. The van der Waals surface area contributed by atoms with Crippen molar-refractivity contribution < 1.29 is 13.2 Å². The molecule has 0 unspecified atom stereocenters. The average molecular weight is 277 g/mol. The summed E-state index contributed by atoms with van der Waals surface area (Å²) in [6.07, 6.45) is -4.48. The van der Waals surface area contributed by atoms with Crippen molar-refractivity contribution >= 4 is 11.8 Å². The normalized spacial score (nSPS) is 11.8. The summed E-state index contributed by atoms with van der Waals surface area (Å²) < 4.78 is 38.2. The van der Waals surface area contributed by atoms with Gasteiger partial charge in [0, 0.05) is 33.3 Å². The van der Waals surface area contributed by atoms with Gasteiger partial charge in [-0.25, -0.2) is 4.98 Å². The van der Waals surface area contributed by atoms with E-state index in [1.54, 1.807) is 11.9 Å². The van der Waals surface area contributed by atoms with Gasteiger partial charge >= 0.3 is 6.18 Å². The molecule has 0 saturated carbocycles. The lowest BCUT2D eigenvalue weighted by Gasteiger charge is -2.21. The van der Waals surface area contributed by atoms with Gasteiger partial charge in [-0.3, -0.25) is 0 Å². The highest BCUT2D eigenvalue weighted by molar-refractivity contribution is 5.44. The molecule has 1 aromatic heterocycles. The summed E-state index contributed by atoms with van der Waals surface area (Å²) in [4.78, 5) is 11.1. The molecule has 8 heteroatoms. The van der Waals surface area contributed by atoms with Gasteiger partial charge < -0.3 is 15.1 Å². The molecule has 108 valence electrons. The first kappa shape index (κ1) is 15.5. The molecule has 1 rings (SSSR count). The summed E-state index contributed by atoms with van der Waals surface area (Å²) in [6, 6.07) is 0.955. The SMILES string of the molecule is CNc1nc(N(C)CCN(C)C)cc(C(F)(F)F)n1. The molecular formula is C11H18F3N5. The largest absolute Gasteiger partial charge is 0.433 e. The van der Waals surface area contributed by atoms with Gasteiger partial charge in [0.25, 0.3) is 0 Å². The molecule has 0 aliphatic heterocycles. The lowest BCUT2D eigenvalue weighted by Crippen LogP contribution is -2.29. The minimum absolute atomic E-state index is 0.0403. The van der Waals surface area contributed by atoms with Crippen LogP contribution in [0.4, 0.5) is 24.9 Å². The zero-order valence-electron chi connectivity index (χ0n) is 11.4. The molecule has 0 amide bonds. The lowest BCUT2D eigenvalue weighted by molar-refractivity contribution is -0.141. The van der Waals surface area contributed by atoms with E-state index in [9.17, 15) is 13.2 Å². The Morgan fingerprint density at radius 1 is 1.16 bits per heavy atom. The first-order chi connectivity index (χ1) is 8.74. The summed E-state index contributed by atoms with van der Waals surface area (Å²) in [5.74, 6) is 0.204. The number of aromatic nitrogens is 2. The minimum Gasteiger partial charge on any atom is -0.358 e. The van der Waals surface area contributed by atoms with Crippen LogP contribution in [0.1, 0.15) is 5.69 Å². The summed E-state index contributed by atoms with van der Waals surface area (Å²) >= 11 is 0. The van der Waals surface area contributed by atoms with E-state index in [4.69, 9.17) is 0 Å². The number of halogens is 3. The van der Waals surface area contributed by atoms with Crippen molar-refractivity contribution in [3.05, 3.63) is 11.8 Å². The van der Waals surface area contributed by atoms with Crippen molar-refractivity contribution in [2.24, 2.45) is 0 Å². The maximum Gasteiger partial charge on any atom is 0.433 e. The van der Waals surface area contributed by atoms with Gasteiger partial charge in [0.15, 0.2) is 5.69 Å². The summed E-state index contributed by atoms with van der Waals surface area (Å²) in [6.45, 7) is 1.29. The number of rotatable bonds is 5. The Kier molecular flexibility index (Phi) is 4.93. The predicted octanol–water partition coefficient (Wildman–Crippen LogP) is 1.53. The fraction of sp³-hybridized carbons (Fsp3) is 0.636. The van der Waals surface area contributed by atoms with E-state index in [1.807, 2.05) is 19.0 Å². The van der Waals surface area contributed by atoms with Crippen LogP contribution in [-0.4, -0.2) is 56.1 Å². The number of anilines is 2. The summed E-state index contributed by atoms with van der Waals surface area (Å²) in [5, 5.41) is 2.54. The van der Waals surface area contributed by atoms with E-state index in [0.717, 1.165) is 12.6 Å². The second-order valence-electron chi connectivity index (χ2n) is 4.41. The van der Waals surface area contributed by atoms with E-state index in [0.29, 0.717) is 6.54 Å². The smallest absolute Gasteiger partial charge is 0.358 e. The van der Waals surface area contributed by atoms with Crippen molar-refractivity contribution in [1.29, 1.82) is 0 Å². The predicted molar refractivity (Wildman–Crippen MR) is 68.4 cm³/mol.